The smallest absolute Gasteiger partial charge is 0.248 e. The third-order valence-electron chi connectivity index (χ3n) is 5.47. The Bertz CT molecular complexity index is 1330. The highest BCUT2D eigenvalue weighted by atomic mass is 35.5. The standard InChI is InChI=1S/C27H24ClNO3/c1-16-5-6-17(2)24(11-16)29-27(30)12-18(3)21-13-22-23(19-7-9-20(28)10-8-19)15-32-26(22)14-25(21)31-4/h5-15H,1-4H3,(H,29,30)/b18-12+. The molecule has 0 atom stereocenters. The van der Waals surface area contributed by atoms with E-state index in [9.17, 15) is 4.79 Å². The highest BCUT2D eigenvalue weighted by molar-refractivity contribution is 6.30. The molecule has 0 aliphatic carbocycles. The van der Waals surface area contributed by atoms with Gasteiger partial charge in [-0.1, -0.05) is 35.9 Å². The van der Waals surface area contributed by atoms with Gasteiger partial charge in [0, 0.05) is 39.4 Å². The summed E-state index contributed by atoms with van der Waals surface area (Å²) in [5, 5.41) is 4.59. The molecule has 0 radical (unpaired) electrons. The van der Waals surface area contributed by atoms with Crippen LogP contribution in [0.15, 0.2) is 71.4 Å². The van der Waals surface area contributed by atoms with Crippen LogP contribution in [0.25, 0.3) is 27.7 Å². The largest absolute Gasteiger partial charge is 0.496 e. The molecule has 32 heavy (non-hydrogen) atoms. The zero-order chi connectivity index (χ0) is 22.8. The van der Waals surface area contributed by atoms with Crippen molar-refractivity contribution in [2.45, 2.75) is 20.8 Å². The summed E-state index contributed by atoms with van der Waals surface area (Å²) in [6.07, 6.45) is 3.32. The predicted molar refractivity (Wildman–Crippen MR) is 131 cm³/mol. The summed E-state index contributed by atoms with van der Waals surface area (Å²) < 4.78 is 11.4. The highest BCUT2D eigenvalue weighted by Crippen LogP contribution is 2.37. The molecule has 5 heteroatoms. The summed E-state index contributed by atoms with van der Waals surface area (Å²) in [7, 11) is 1.61. The number of nitrogens with one attached hydrogen (secondary N) is 1. The van der Waals surface area contributed by atoms with Crippen molar-refractivity contribution >= 4 is 39.7 Å². The van der Waals surface area contributed by atoms with Crippen LogP contribution in [0, 0.1) is 13.8 Å². The molecule has 0 bridgehead atoms. The van der Waals surface area contributed by atoms with Gasteiger partial charge < -0.3 is 14.5 Å². The zero-order valence-corrected chi connectivity index (χ0v) is 19.2. The Morgan fingerprint density at radius 3 is 2.53 bits per heavy atom. The maximum absolute atomic E-state index is 12.7. The molecule has 3 aromatic carbocycles. The molecule has 4 aromatic rings. The van der Waals surface area contributed by atoms with Crippen LogP contribution in [0.3, 0.4) is 0 Å². The fourth-order valence-electron chi connectivity index (χ4n) is 3.70. The fraction of sp³-hybridized carbons (Fsp3) is 0.148. The van der Waals surface area contributed by atoms with Crippen molar-refractivity contribution < 1.29 is 13.9 Å². The normalized spacial score (nSPS) is 11.6. The van der Waals surface area contributed by atoms with E-state index in [4.69, 9.17) is 20.8 Å². The van der Waals surface area contributed by atoms with Crippen molar-refractivity contribution in [1.29, 1.82) is 0 Å². The van der Waals surface area contributed by atoms with Gasteiger partial charge in [0.2, 0.25) is 5.91 Å². The minimum atomic E-state index is -0.191. The molecule has 1 N–H and O–H groups in total. The Hall–Kier alpha value is -3.50. The lowest BCUT2D eigenvalue weighted by Gasteiger charge is -2.11. The van der Waals surface area contributed by atoms with Crippen LogP contribution in [-0.4, -0.2) is 13.0 Å². The van der Waals surface area contributed by atoms with E-state index < -0.39 is 0 Å². The van der Waals surface area contributed by atoms with Crippen LogP contribution < -0.4 is 10.1 Å². The summed E-state index contributed by atoms with van der Waals surface area (Å²) >= 11 is 6.04. The number of rotatable bonds is 5. The van der Waals surface area contributed by atoms with Crippen LogP contribution in [0.2, 0.25) is 5.02 Å². The lowest BCUT2D eigenvalue weighted by molar-refractivity contribution is -0.111. The SMILES string of the molecule is COc1cc2occ(-c3ccc(Cl)cc3)c2cc1/C(C)=C/C(=O)Nc1cc(C)ccc1C. The Balaban J connectivity index is 1.71. The number of hydrogen-bond donors (Lipinski definition) is 1. The molecule has 162 valence electrons. The number of halogens is 1. The summed E-state index contributed by atoms with van der Waals surface area (Å²) in [6.45, 7) is 5.87. The van der Waals surface area contributed by atoms with E-state index in [1.54, 1.807) is 19.4 Å². The predicted octanol–water partition coefficient (Wildman–Crippen LogP) is 7.42. The second-order valence-corrected chi connectivity index (χ2v) is 8.28. The number of carbonyl (C=O) groups excluding carboxylic acids is 1. The molecule has 4 nitrogen and oxygen atoms in total. The van der Waals surface area contributed by atoms with Crippen molar-refractivity contribution in [3.8, 4) is 16.9 Å². The topological polar surface area (TPSA) is 51.5 Å². The second kappa shape index (κ2) is 8.93. The molecular weight excluding hydrogens is 422 g/mol. The van der Waals surface area contributed by atoms with Gasteiger partial charge in [0.1, 0.15) is 11.3 Å². The van der Waals surface area contributed by atoms with Gasteiger partial charge in [0.25, 0.3) is 0 Å². The first-order valence-corrected chi connectivity index (χ1v) is 10.7. The molecule has 0 saturated heterocycles. The molecule has 0 saturated carbocycles. The van der Waals surface area contributed by atoms with Crippen molar-refractivity contribution in [3.63, 3.8) is 0 Å². The average Bonchev–Trinajstić information content (AvgIpc) is 3.18. The van der Waals surface area contributed by atoms with E-state index in [1.165, 1.54) is 0 Å². The molecule has 4 rings (SSSR count). The lowest BCUT2D eigenvalue weighted by Crippen LogP contribution is -2.10. The van der Waals surface area contributed by atoms with Crippen LogP contribution in [0.1, 0.15) is 23.6 Å². The number of hydrogen-bond acceptors (Lipinski definition) is 3. The van der Waals surface area contributed by atoms with Gasteiger partial charge in [0.05, 0.1) is 13.4 Å². The first-order chi connectivity index (χ1) is 15.4. The van der Waals surface area contributed by atoms with E-state index in [-0.39, 0.29) is 5.91 Å². The number of anilines is 1. The molecular formula is C27H24ClNO3. The van der Waals surface area contributed by atoms with Crippen LogP contribution in [-0.2, 0) is 4.79 Å². The van der Waals surface area contributed by atoms with E-state index in [2.05, 4.69) is 5.32 Å². The maximum Gasteiger partial charge on any atom is 0.248 e. The van der Waals surface area contributed by atoms with Crippen molar-refractivity contribution in [2.24, 2.45) is 0 Å². The molecule has 0 aliphatic rings. The number of benzene rings is 3. The van der Waals surface area contributed by atoms with Crippen molar-refractivity contribution in [1.82, 2.24) is 0 Å². The summed E-state index contributed by atoms with van der Waals surface area (Å²) in [4.78, 5) is 12.7. The van der Waals surface area contributed by atoms with Crippen LogP contribution in [0.5, 0.6) is 5.75 Å². The number of methoxy groups -OCH3 is 1. The number of ether oxygens (including phenoxy) is 1. The van der Waals surface area contributed by atoms with Crippen molar-refractivity contribution in [3.05, 3.63) is 88.6 Å². The van der Waals surface area contributed by atoms with E-state index in [1.807, 2.05) is 75.4 Å². The summed E-state index contributed by atoms with van der Waals surface area (Å²) in [6, 6.07) is 17.4. The Morgan fingerprint density at radius 2 is 1.81 bits per heavy atom. The van der Waals surface area contributed by atoms with Gasteiger partial charge in [-0.3, -0.25) is 4.79 Å². The fourth-order valence-corrected chi connectivity index (χ4v) is 3.82. The number of carbonyl (C=O) groups is 1. The molecule has 1 aromatic heterocycles. The zero-order valence-electron chi connectivity index (χ0n) is 18.5. The minimum absolute atomic E-state index is 0.191. The van der Waals surface area contributed by atoms with Gasteiger partial charge in [-0.15, -0.1) is 0 Å². The van der Waals surface area contributed by atoms with Gasteiger partial charge in [0.15, 0.2) is 0 Å². The number of aryl methyl sites for hydroxylation is 2. The van der Waals surface area contributed by atoms with E-state index in [0.29, 0.717) is 16.4 Å². The first-order valence-electron chi connectivity index (χ1n) is 10.3. The molecule has 0 fully saturated rings. The van der Waals surface area contributed by atoms with Gasteiger partial charge >= 0.3 is 0 Å². The number of allylic oxidation sites excluding steroid dienone is 1. The van der Waals surface area contributed by atoms with Crippen LogP contribution >= 0.6 is 11.6 Å². The molecule has 0 spiro atoms. The minimum Gasteiger partial charge on any atom is -0.496 e. The Labute approximate surface area is 192 Å². The second-order valence-electron chi connectivity index (χ2n) is 7.84. The molecule has 0 aliphatic heterocycles. The number of fused-ring (bicyclic) bond motifs is 1. The Kier molecular flexibility index (Phi) is 6.06. The third-order valence-corrected chi connectivity index (χ3v) is 5.73. The van der Waals surface area contributed by atoms with Gasteiger partial charge in [-0.2, -0.15) is 0 Å². The van der Waals surface area contributed by atoms with Gasteiger partial charge in [-0.25, -0.2) is 0 Å². The van der Waals surface area contributed by atoms with Gasteiger partial charge in [-0.05, 0) is 67.3 Å². The third kappa shape index (κ3) is 4.41. The molecule has 1 amide bonds. The number of amides is 1. The quantitative estimate of drug-likeness (QED) is 0.325. The first kappa shape index (κ1) is 21.7. The van der Waals surface area contributed by atoms with Crippen molar-refractivity contribution in [2.75, 3.05) is 12.4 Å². The molecule has 1 heterocycles. The monoisotopic (exact) mass is 445 g/mol. The molecule has 0 unspecified atom stereocenters. The summed E-state index contributed by atoms with van der Waals surface area (Å²) in [5.74, 6) is 0.450. The average molecular weight is 446 g/mol. The summed E-state index contributed by atoms with van der Waals surface area (Å²) in [5.41, 5.74) is 7.19. The van der Waals surface area contributed by atoms with Crippen LogP contribution in [0.4, 0.5) is 5.69 Å². The Morgan fingerprint density at radius 1 is 1.06 bits per heavy atom. The maximum atomic E-state index is 12.7. The van der Waals surface area contributed by atoms with E-state index >= 15 is 0 Å². The highest BCUT2D eigenvalue weighted by Gasteiger charge is 2.15. The van der Waals surface area contributed by atoms with E-state index in [0.717, 1.165) is 44.5 Å². The lowest BCUT2D eigenvalue weighted by atomic mass is 9.99. The number of furan rings is 1.